The van der Waals surface area contributed by atoms with Crippen LogP contribution in [0, 0.1) is 0 Å². The summed E-state index contributed by atoms with van der Waals surface area (Å²) >= 11 is 1.13. The molecule has 1 saturated carbocycles. The SMILES string of the molecule is COc1ccc(N2CCN(c3cc(C(F)(F)F)nc(SCc4cccc(C(=O)NC5CC5)c4)n3)CC2)cc1. The molecule has 0 radical (unpaired) electrons. The summed E-state index contributed by atoms with van der Waals surface area (Å²) in [5.74, 6) is 1.25. The van der Waals surface area contributed by atoms with Gasteiger partial charge in [0.05, 0.1) is 7.11 Å². The molecule has 200 valence electrons. The van der Waals surface area contributed by atoms with Gasteiger partial charge in [0.2, 0.25) is 0 Å². The van der Waals surface area contributed by atoms with Gasteiger partial charge in [-0.3, -0.25) is 4.79 Å². The van der Waals surface area contributed by atoms with Crippen LogP contribution in [0.5, 0.6) is 5.75 Å². The fourth-order valence-electron chi connectivity index (χ4n) is 4.22. The number of benzene rings is 2. The number of hydrogen-bond acceptors (Lipinski definition) is 7. The van der Waals surface area contributed by atoms with Crippen LogP contribution >= 0.6 is 11.8 Å². The Bertz CT molecular complexity index is 1280. The van der Waals surface area contributed by atoms with Crippen LogP contribution in [0.1, 0.15) is 34.5 Å². The molecule has 0 spiro atoms. The van der Waals surface area contributed by atoms with Crippen LogP contribution in [0.25, 0.3) is 0 Å². The minimum absolute atomic E-state index is 0.0558. The number of carbonyl (C=O) groups excluding carboxylic acids is 1. The number of rotatable bonds is 8. The number of carbonyl (C=O) groups is 1. The monoisotopic (exact) mass is 543 g/mol. The molecule has 1 aromatic heterocycles. The standard InChI is InChI=1S/C27H28F3N5O2S/c1-37-22-9-7-21(8-10-22)34-11-13-35(14-12-34)24-16-23(27(28,29)30)32-26(33-24)38-17-18-3-2-4-19(15-18)25(36)31-20-5-6-20/h2-4,7-10,15-16,20H,5-6,11-14,17H2,1H3,(H,31,36). The highest BCUT2D eigenvalue weighted by Gasteiger charge is 2.34. The maximum Gasteiger partial charge on any atom is 0.433 e. The smallest absolute Gasteiger partial charge is 0.433 e. The molecule has 3 aromatic rings. The first-order valence-electron chi connectivity index (χ1n) is 12.4. The van der Waals surface area contributed by atoms with E-state index >= 15 is 0 Å². The van der Waals surface area contributed by atoms with Crippen LogP contribution in [0.2, 0.25) is 0 Å². The van der Waals surface area contributed by atoms with Gasteiger partial charge in [-0.2, -0.15) is 13.2 Å². The van der Waals surface area contributed by atoms with Crippen molar-refractivity contribution < 1.29 is 22.7 Å². The highest BCUT2D eigenvalue weighted by Crippen LogP contribution is 2.33. The first kappa shape index (κ1) is 26.1. The van der Waals surface area contributed by atoms with Crippen molar-refractivity contribution in [2.45, 2.75) is 36.0 Å². The summed E-state index contributed by atoms with van der Waals surface area (Å²) in [7, 11) is 1.61. The van der Waals surface area contributed by atoms with Crippen molar-refractivity contribution in [1.29, 1.82) is 0 Å². The third-order valence-electron chi connectivity index (χ3n) is 6.49. The number of nitrogens with one attached hydrogen (secondary N) is 1. The Kier molecular flexibility index (Phi) is 7.64. The number of alkyl halides is 3. The van der Waals surface area contributed by atoms with Crippen LogP contribution in [-0.2, 0) is 11.9 Å². The molecule has 7 nitrogen and oxygen atoms in total. The Balaban J connectivity index is 1.27. The average Bonchev–Trinajstić information content (AvgIpc) is 3.75. The first-order valence-corrected chi connectivity index (χ1v) is 13.4. The number of nitrogens with zero attached hydrogens (tertiary/aromatic N) is 4. The minimum Gasteiger partial charge on any atom is -0.497 e. The third kappa shape index (κ3) is 6.50. The Hall–Kier alpha value is -3.47. The zero-order valence-corrected chi connectivity index (χ0v) is 21.7. The van der Waals surface area contributed by atoms with Crippen LogP contribution in [0.4, 0.5) is 24.7 Å². The Morgan fingerprint density at radius 1 is 1.03 bits per heavy atom. The maximum atomic E-state index is 13.7. The van der Waals surface area contributed by atoms with E-state index in [4.69, 9.17) is 4.74 Å². The lowest BCUT2D eigenvalue weighted by Crippen LogP contribution is -2.47. The largest absolute Gasteiger partial charge is 0.497 e. The molecule has 1 N–H and O–H groups in total. The number of ether oxygens (including phenoxy) is 1. The highest BCUT2D eigenvalue weighted by atomic mass is 32.2. The van der Waals surface area contributed by atoms with E-state index in [1.165, 1.54) is 0 Å². The van der Waals surface area contributed by atoms with Crippen molar-refractivity contribution in [2.24, 2.45) is 0 Å². The molecule has 0 unspecified atom stereocenters. The van der Waals surface area contributed by atoms with Crippen LogP contribution in [0.15, 0.2) is 59.8 Å². The van der Waals surface area contributed by atoms with Gasteiger partial charge in [0.1, 0.15) is 11.6 Å². The maximum absolute atomic E-state index is 13.7. The van der Waals surface area contributed by atoms with Gasteiger partial charge in [0, 0.05) is 55.3 Å². The van der Waals surface area contributed by atoms with Gasteiger partial charge in [0.15, 0.2) is 10.9 Å². The summed E-state index contributed by atoms with van der Waals surface area (Å²) in [6.07, 6.45) is -2.60. The van der Waals surface area contributed by atoms with Crippen molar-refractivity contribution in [2.75, 3.05) is 43.1 Å². The van der Waals surface area contributed by atoms with Crippen molar-refractivity contribution >= 4 is 29.2 Å². The Morgan fingerprint density at radius 2 is 1.74 bits per heavy atom. The summed E-state index contributed by atoms with van der Waals surface area (Å²) in [5.41, 5.74) is 1.43. The number of amides is 1. The second kappa shape index (κ2) is 11.1. The highest BCUT2D eigenvalue weighted by molar-refractivity contribution is 7.98. The summed E-state index contributed by atoms with van der Waals surface area (Å²) < 4.78 is 46.3. The lowest BCUT2D eigenvalue weighted by molar-refractivity contribution is -0.141. The zero-order chi connectivity index (χ0) is 26.7. The molecule has 2 aromatic carbocycles. The number of anilines is 2. The first-order chi connectivity index (χ1) is 18.3. The van der Waals surface area contributed by atoms with Gasteiger partial charge in [-0.15, -0.1) is 0 Å². The number of halogens is 3. The van der Waals surface area contributed by atoms with Gasteiger partial charge < -0.3 is 19.9 Å². The fraction of sp³-hybridized carbons (Fsp3) is 0.370. The number of piperazine rings is 1. The molecule has 1 aliphatic carbocycles. The summed E-state index contributed by atoms with van der Waals surface area (Å²) in [6, 6.07) is 16.1. The second-order valence-corrected chi connectivity index (χ2v) is 10.2. The van der Waals surface area contributed by atoms with Gasteiger partial charge in [-0.1, -0.05) is 23.9 Å². The number of thioether (sulfide) groups is 1. The molecule has 0 bridgehead atoms. The van der Waals surface area contributed by atoms with Gasteiger partial charge in [-0.05, 0) is 54.8 Å². The predicted octanol–water partition coefficient (Wildman–Crippen LogP) is 5.02. The molecule has 38 heavy (non-hydrogen) atoms. The van der Waals surface area contributed by atoms with E-state index in [1.54, 1.807) is 25.3 Å². The molecule has 2 fully saturated rings. The number of aromatic nitrogens is 2. The molecular weight excluding hydrogens is 515 g/mol. The van der Waals surface area contributed by atoms with Crippen molar-refractivity contribution in [3.05, 3.63) is 71.4 Å². The van der Waals surface area contributed by atoms with E-state index in [0.717, 1.165) is 47.7 Å². The lowest BCUT2D eigenvalue weighted by Gasteiger charge is -2.37. The molecule has 1 aliphatic heterocycles. The summed E-state index contributed by atoms with van der Waals surface area (Å²) in [5, 5.41) is 3.00. The van der Waals surface area contributed by atoms with Crippen LogP contribution in [-0.4, -0.2) is 55.2 Å². The van der Waals surface area contributed by atoms with E-state index in [1.807, 2.05) is 35.2 Å². The minimum atomic E-state index is -4.58. The molecule has 1 amide bonds. The van der Waals surface area contributed by atoms with Crippen molar-refractivity contribution in [1.82, 2.24) is 15.3 Å². The summed E-state index contributed by atoms with van der Waals surface area (Å²) in [4.78, 5) is 24.7. The third-order valence-corrected chi connectivity index (χ3v) is 7.41. The van der Waals surface area contributed by atoms with Crippen molar-refractivity contribution in [3.8, 4) is 5.75 Å². The van der Waals surface area contributed by atoms with Crippen molar-refractivity contribution in [3.63, 3.8) is 0 Å². The molecule has 1 saturated heterocycles. The molecule has 2 heterocycles. The Morgan fingerprint density at radius 3 is 2.39 bits per heavy atom. The van der Waals surface area contributed by atoms with Gasteiger partial charge >= 0.3 is 6.18 Å². The van der Waals surface area contributed by atoms with E-state index in [0.29, 0.717) is 37.5 Å². The van der Waals surface area contributed by atoms with E-state index in [2.05, 4.69) is 20.2 Å². The molecule has 5 rings (SSSR count). The van der Waals surface area contributed by atoms with E-state index < -0.39 is 11.9 Å². The summed E-state index contributed by atoms with van der Waals surface area (Å²) in [6.45, 7) is 2.36. The van der Waals surface area contributed by atoms with E-state index in [-0.39, 0.29) is 22.9 Å². The zero-order valence-electron chi connectivity index (χ0n) is 20.9. The van der Waals surface area contributed by atoms with Gasteiger partial charge in [-0.25, -0.2) is 9.97 Å². The lowest BCUT2D eigenvalue weighted by atomic mass is 10.1. The number of hydrogen-bond donors (Lipinski definition) is 1. The predicted molar refractivity (Wildman–Crippen MR) is 141 cm³/mol. The van der Waals surface area contributed by atoms with Crippen LogP contribution < -0.4 is 19.9 Å². The normalized spacial score (nSPS) is 15.9. The molecule has 2 aliphatic rings. The quantitative estimate of drug-likeness (QED) is 0.316. The van der Waals surface area contributed by atoms with Crippen LogP contribution in [0.3, 0.4) is 0 Å². The van der Waals surface area contributed by atoms with E-state index in [9.17, 15) is 18.0 Å². The van der Waals surface area contributed by atoms with Gasteiger partial charge in [0.25, 0.3) is 5.91 Å². The Labute approximate surface area is 223 Å². The molecule has 0 atom stereocenters. The second-order valence-electron chi connectivity index (χ2n) is 9.30. The fourth-order valence-corrected chi connectivity index (χ4v) is 5.01. The molecule has 11 heteroatoms. The number of methoxy groups -OCH3 is 1. The topological polar surface area (TPSA) is 70.6 Å². The average molecular weight is 544 g/mol. The molecular formula is C27H28F3N5O2S.